The van der Waals surface area contributed by atoms with Crippen molar-refractivity contribution in [3.8, 4) is 0 Å². The molecule has 1 aliphatic heterocycles. The molecule has 0 spiro atoms. The van der Waals surface area contributed by atoms with Crippen LogP contribution in [-0.4, -0.2) is 4.98 Å². The molecule has 0 aliphatic carbocycles. The Balaban J connectivity index is 1.92. The molecule has 1 aliphatic rings. The molecule has 0 saturated heterocycles. The Bertz CT molecular complexity index is 410. The van der Waals surface area contributed by atoms with E-state index in [-0.39, 0.29) is 0 Å². The average molecular weight is 184 g/mol. The van der Waals surface area contributed by atoms with E-state index < -0.39 is 0 Å². The monoisotopic (exact) mass is 184 g/mol. The quantitative estimate of drug-likeness (QED) is 0.721. The normalized spacial score (nSPS) is 14.4. The molecule has 0 unspecified atom stereocenters. The molecular weight excluding hydrogens is 172 g/mol. The molecule has 3 rings (SSSR count). The molecule has 1 aromatic heterocycles. The third kappa shape index (κ3) is 1.20. The van der Waals surface area contributed by atoms with E-state index in [4.69, 9.17) is 0 Å². The van der Waals surface area contributed by atoms with Crippen molar-refractivity contribution < 1.29 is 0 Å². The summed E-state index contributed by atoms with van der Waals surface area (Å²) in [6.07, 6.45) is 0. The number of rotatable bonds is 1. The maximum absolute atomic E-state index is 3.37. The predicted octanol–water partition coefficient (Wildman–Crippen LogP) is 2.53. The fraction of sp³-hybridized carbons (Fsp3) is 0.167. The molecule has 1 aromatic carbocycles. The number of nitrogens with zero attached hydrogens (tertiary/aromatic N) is 1. The van der Waals surface area contributed by atoms with Crippen LogP contribution in [0.15, 0.2) is 42.5 Å². The molecule has 2 heteroatoms. The van der Waals surface area contributed by atoms with Gasteiger partial charge >= 0.3 is 0 Å². The van der Waals surface area contributed by atoms with Crippen molar-refractivity contribution in [3.05, 3.63) is 53.9 Å². The summed E-state index contributed by atoms with van der Waals surface area (Å²) in [6, 6.07) is 14.9. The van der Waals surface area contributed by atoms with Gasteiger partial charge in [-0.15, -0.1) is 0 Å². The summed E-state index contributed by atoms with van der Waals surface area (Å²) in [5, 5.41) is 0. The highest BCUT2D eigenvalue weighted by Crippen LogP contribution is 2.22. The molecule has 2 aromatic rings. The topological polar surface area (TPSA) is 19.0 Å². The summed E-state index contributed by atoms with van der Waals surface area (Å²) in [6.45, 7) is 1.98. The highest BCUT2D eigenvalue weighted by atomic mass is 15.2. The molecule has 0 radical (unpaired) electrons. The molecule has 2 heterocycles. The number of aromatic amines is 1. The van der Waals surface area contributed by atoms with Gasteiger partial charge in [-0.25, -0.2) is 0 Å². The highest BCUT2D eigenvalue weighted by Gasteiger charge is 2.14. The van der Waals surface area contributed by atoms with E-state index in [1.807, 2.05) is 0 Å². The van der Waals surface area contributed by atoms with E-state index >= 15 is 0 Å². The molecule has 2 bridgehead atoms. The average Bonchev–Trinajstić information content (AvgIpc) is 2.59. The fourth-order valence-electron chi connectivity index (χ4n) is 1.96. The van der Waals surface area contributed by atoms with Gasteiger partial charge in [-0.05, 0) is 24.3 Å². The predicted molar refractivity (Wildman–Crippen MR) is 57.1 cm³/mol. The van der Waals surface area contributed by atoms with E-state index in [0.29, 0.717) is 0 Å². The first-order valence-electron chi connectivity index (χ1n) is 4.88. The van der Waals surface area contributed by atoms with Gasteiger partial charge in [-0.2, -0.15) is 0 Å². The molecule has 14 heavy (non-hydrogen) atoms. The Morgan fingerprint density at radius 2 is 1.50 bits per heavy atom. The van der Waals surface area contributed by atoms with Crippen LogP contribution in [0.4, 0.5) is 5.69 Å². The fourth-order valence-corrected chi connectivity index (χ4v) is 1.96. The number of anilines is 1. The van der Waals surface area contributed by atoms with Crippen LogP contribution in [0, 0.1) is 0 Å². The van der Waals surface area contributed by atoms with E-state index in [0.717, 1.165) is 13.1 Å². The van der Waals surface area contributed by atoms with E-state index in [1.54, 1.807) is 0 Å². The zero-order valence-corrected chi connectivity index (χ0v) is 7.90. The molecule has 0 fully saturated rings. The maximum Gasteiger partial charge on any atom is 0.0584 e. The van der Waals surface area contributed by atoms with Crippen molar-refractivity contribution in [2.24, 2.45) is 0 Å². The number of hydrogen-bond acceptors (Lipinski definition) is 1. The van der Waals surface area contributed by atoms with Crippen molar-refractivity contribution in [1.82, 2.24) is 4.98 Å². The van der Waals surface area contributed by atoms with Crippen molar-refractivity contribution in [1.29, 1.82) is 0 Å². The lowest BCUT2D eigenvalue weighted by Crippen LogP contribution is -2.25. The summed E-state index contributed by atoms with van der Waals surface area (Å²) in [7, 11) is 0. The van der Waals surface area contributed by atoms with Gasteiger partial charge in [0.25, 0.3) is 0 Å². The Morgan fingerprint density at radius 3 is 2.14 bits per heavy atom. The largest absolute Gasteiger partial charge is 0.360 e. The van der Waals surface area contributed by atoms with Gasteiger partial charge in [-0.3, -0.25) is 0 Å². The zero-order valence-electron chi connectivity index (χ0n) is 7.90. The molecule has 70 valence electrons. The van der Waals surface area contributed by atoms with E-state index in [2.05, 4.69) is 52.3 Å². The van der Waals surface area contributed by atoms with Crippen molar-refractivity contribution in [2.75, 3.05) is 4.90 Å². The lowest BCUT2D eigenvalue weighted by Gasteiger charge is -2.26. The third-order valence-corrected chi connectivity index (χ3v) is 2.65. The smallest absolute Gasteiger partial charge is 0.0584 e. The molecule has 0 amide bonds. The summed E-state index contributed by atoms with van der Waals surface area (Å²) < 4.78 is 0. The number of nitrogens with one attached hydrogen (secondary N) is 1. The number of fused-ring (bicyclic) bond motifs is 2. The van der Waals surface area contributed by atoms with E-state index in [1.165, 1.54) is 17.1 Å². The third-order valence-electron chi connectivity index (χ3n) is 2.65. The van der Waals surface area contributed by atoms with Crippen LogP contribution in [0.2, 0.25) is 0 Å². The minimum Gasteiger partial charge on any atom is -0.360 e. The van der Waals surface area contributed by atoms with Crippen LogP contribution in [0.3, 0.4) is 0 Å². The summed E-state index contributed by atoms with van der Waals surface area (Å²) in [4.78, 5) is 5.75. The van der Waals surface area contributed by atoms with Gasteiger partial charge in [0.1, 0.15) is 0 Å². The minimum absolute atomic E-state index is 0.990. The summed E-state index contributed by atoms with van der Waals surface area (Å²) in [5.41, 5.74) is 3.90. The van der Waals surface area contributed by atoms with E-state index in [9.17, 15) is 0 Å². The SMILES string of the molecule is c1ccc(N2Cc3ccc([nH]3)C2)cc1. The standard InChI is InChI=1S/C12H12N2/c1-2-4-12(5-3-1)14-8-10-6-7-11(9-14)13-10/h1-7,13H,8-9H2. The second kappa shape index (κ2) is 2.91. The number of benzene rings is 1. The van der Waals surface area contributed by atoms with Crippen molar-refractivity contribution in [2.45, 2.75) is 13.1 Å². The first-order chi connectivity index (χ1) is 6.92. The molecular formula is C12H12N2. The number of hydrogen-bond donors (Lipinski definition) is 1. The minimum atomic E-state index is 0.990. The van der Waals surface area contributed by atoms with Gasteiger partial charge < -0.3 is 9.88 Å². The first-order valence-corrected chi connectivity index (χ1v) is 4.88. The number of H-pyrrole nitrogens is 1. The van der Waals surface area contributed by atoms with Gasteiger partial charge in [0.2, 0.25) is 0 Å². The van der Waals surface area contributed by atoms with Crippen LogP contribution < -0.4 is 4.90 Å². The van der Waals surface area contributed by atoms with Gasteiger partial charge in [0, 0.05) is 17.1 Å². The summed E-state index contributed by atoms with van der Waals surface area (Å²) in [5.74, 6) is 0. The zero-order chi connectivity index (χ0) is 9.38. The molecule has 1 N–H and O–H groups in total. The van der Waals surface area contributed by atoms with Gasteiger partial charge in [0.05, 0.1) is 13.1 Å². The maximum atomic E-state index is 3.37. The van der Waals surface area contributed by atoms with Crippen molar-refractivity contribution in [3.63, 3.8) is 0 Å². The van der Waals surface area contributed by atoms with Crippen LogP contribution in [0.25, 0.3) is 0 Å². The second-order valence-electron chi connectivity index (χ2n) is 3.70. The lowest BCUT2D eigenvalue weighted by molar-refractivity contribution is 0.733. The van der Waals surface area contributed by atoms with Crippen LogP contribution in [-0.2, 0) is 13.1 Å². The molecule has 2 nitrogen and oxygen atoms in total. The Hall–Kier alpha value is -1.70. The Kier molecular flexibility index (Phi) is 1.60. The molecule has 0 atom stereocenters. The van der Waals surface area contributed by atoms with Gasteiger partial charge in [-0.1, -0.05) is 18.2 Å². The number of para-hydroxylation sites is 1. The van der Waals surface area contributed by atoms with Crippen molar-refractivity contribution >= 4 is 5.69 Å². The lowest BCUT2D eigenvalue weighted by atomic mass is 10.2. The Labute approximate surface area is 83.2 Å². The molecule has 0 saturated carbocycles. The second-order valence-corrected chi connectivity index (χ2v) is 3.70. The first kappa shape index (κ1) is 7.68. The van der Waals surface area contributed by atoms with Crippen LogP contribution in [0.5, 0.6) is 0 Å². The van der Waals surface area contributed by atoms with Crippen LogP contribution in [0.1, 0.15) is 11.4 Å². The number of aromatic nitrogens is 1. The summed E-state index contributed by atoms with van der Waals surface area (Å²) >= 11 is 0. The van der Waals surface area contributed by atoms with Crippen LogP contribution >= 0.6 is 0 Å². The van der Waals surface area contributed by atoms with Gasteiger partial charge in [0.15, 0.2) is 0 Å². The Morgan fingerprint density at radius 1 is 0.857 bits per heavy atom. The highest BCUT2D eigenvalue weighted by molar-refractivity contribution is 5.48.